The van der Waals surface area contributed by atoms with E-state index in [2.05, 4.69) is 14.8 Å². The van der Waals surface area contributed by atoms with E-state index in [1.165, 1.54) is 19.2 Å². The quantitative estimate of drug-likeness (QED) is 0.409. The van der Waals surface area contributed by atoms with Gasteiger partial charge >= 0.3 is 12.1 Å². The van der Waals surface area contributed by atoms with Crippen LogP contribution in [-0.2, 0) is 24.3 Å². The molecule has 0 amide bonds. The number of hydrogen-bond donors (Lipinski definition) is 0. The molecule has 0 aliphatic heterocycles. The molecule has 0 heterocycles. The van der Waals surface area contributed by atoms with Crippen LogP contribution >= 0.6 is 0 Å². The predicted molar refractivity (Wildman–Crippen MR) is 77.6 cm³/mol. The highest BCUT2D eigenvalue weighted by molar-refractivity contribution is 5.89. The molecule has 0 aliphatic rings. The fraction of sp³-hybridized carbons (Fsp3) is 0.467. The second-order valence-corrected chi connectivity index (χ2v) is 5.07. The normalized spacial score (nSPS) is 10.8. The third-order valence-electron chi connectivity index (χ3n) is 2.99. The Morgan fingerprint density at radius 3 is 2.52 bits per heavy atom. The molecule has 0 saturated heterocycles. The number of benzene rings is 1. The van der Waals surface area contributed by atoms with Crippen LogP contribution in [-0.4, -0.2) is 38.6 Å². The fourth-order valence-electron chi connectivity index (χ4n) is 1.38. The van der Waals surface area contributed by atoms with Crippen LogP contribution in [0.5, 0.6) is 5.75 Å². The zero-order valence-electron chi connectivity index (χ0n) is 13.5. The lowest BCUT2D eigenvalue weighted by atomic mass is 10.1. The topological polar surface area (TPSA) is 89.5 Å². The third-order valence-corrected chi connectivity index (χ3v) is 2.99. The zero-order valence-corrected chi connectivity index (χ0v) is 13.5. The van der Waals surface area contributed by atoms with Crippen LogP contribution < -0.4 is 4.74 Å². The van der Waals surface area contributed by atoms with Crippen molar-refractivity contribution in [1.29, 1.82) is 0 Å². The third kappa shape index (κ3) is 6.98. The van der Waals surface area contributed by atoms with Crippen LogP contribution in [0.15, 0.2) is 24.3 Å². The Bertz CT molecular complexity index is 526. The Morgan fingerprint density at radius 1 is 1.13 bits per heavy atom. The first-order chi connectivity index (χ1) is 10.9. The maximum absolute atomic E-state index is 11.6. The van der Waals surface area contributed by atoms with Crippen molar-refractivity contribution in [3.8, 4) is 5.75 Å². The van der Waals surface area contributed by atoms with Gasteiger partial charge in [0, 0.05) is 13.5 Å². The van der Waals surface area contributed by atoms with Crippen molar-refractivity contribution in [1.82, 2.24) is 0 Å². The summed E-state index contributed by atoms with van der Waals surface area (Å²) >= 11 is 0. The van der Waals surface area contributed by atoms with Gasteiger partial charge in [0.05, 0.1) is 29.9 Å². The average molecular weight is 328 g/mol. The smallest absolute Gasteiger partial charge is 0.497 e. The molecule has 0 saturated carbocycles. The highest BCUT2D eigenvalue weighted by atomic mass is 17.5. The van der Waals surface area contributed by atoms with E-state index in [1.807, 2.05) is 13.8 Å². The number of rotatable bonds is 8. The predicted octanol–water partition coefficient (Wildman–Crippen LogP) is 2.67. The minimum atomic E-state index is -1.13. The highest BCUT2D eigenvalue weighted by Gasteiger charge is 2.18. The molecular weight excluding hydrogens is 308 g/mol. The van der Waals surface area contributed by atoms with E-state index in [9.17, 15) is 9.59 Å². The van der Waals surface area contributed by atoms with E-state index in [1.54, 1.807) is 19.2 Å². The minimum absolute atomic E-state index is 0.0624. The molecule has 0 fully saturated rings. The summed E-state index contributed by atoms with van der Waals surface area (Å²) in [5.74, 6) is -0.377. The van der Waals surface area contributed by atoms with E-state index in [0.717, 1.165) is 0 Å². The van der Waals surface area contributed by atoms with Crippen LogP contribution in [0, 0.1) is 0 Å². The minimum Gasteiger partial charge on any atom is -0.497 e. The van der Waals surface area contributed by atoms with Gasteiger partial charge in [-0.3, -0.25) is 4.89 Å². The van der Waals surface area contributed by atoms with Crippen LogP contribution in [0.25, 0.3) is 0 Å². The fourth-order valence-corrected chi connectivity index (χ4v) is 1.38. The van der Waals surface area contributed by atoms with E-state index in [4.69, 9.17) is 14.2 Å². The lowest BCUT2D eigenvalue weighted by Gasteiger charge is -2.21. The largest absolute Gasteiger partial charge is 0.543 e. The van der Waals surface area contributed by atoms with Crippen molar-refractivity contribution in [2.24, 2.45) is 0 Å². The van der Waals surface area contributed by atoms with Crippen molar-refractivity contribution in [2.45, 2.75) is 25.9 Å². The first-order valence-corrected chi connectivity index (χ1v) is 6.79. The SMILES string of the molecule is COc1cccc(C(=O)OOOC(=O)OCCC(C)(C)OC)c1. The second kappa shape index (κ2) is 8.96. The van der Waals surface area contributed by atoms with E-state index >= 15 is 0 Å². The zero-order chi connectivity index (χ0) is 17.3. The number of ether oxygens (including phenoxy) is 3. The first kappa shape index (κ1) is 18.7. The van der Waals surface area contributed by atoms with Crippen LogP contribution in [0.3, 0.4) is 0 Å². The molecule has 128 valence electrons. The Kier molecular flexibility index (Phi) is 7.30. The highest BCUT2D eigenvalue weighted by Crippen LogP contribution is 2.14. The number of methoxy groups -OCH3 is 2. The molecular formula is C15H20O8. The van der Waals surface area contributed by atoms with Gasteiger partial charge in [-0.1, -0.05) is 6.07 Å². The molecule has 0 aromatic heterocycles. The molecule has 8 heteroatoms. The van der Waals surface area contributed by atoms with Crippen molar-refractivity contribution in [3.05, 3.63) is 29.8 Å². The molecule has 1 aromatic carbocycles. The Labute approximate surface area is 134 Å². The molecule has 0 spiro atoms. The summed E-state index contributed by atoms with van der Waals surface area (Å²) in [6.07, 6.45) is -0.669. The summed E-state index contributed by atoms with van der Waals surface area (Å²) < 4.78 is 14.8. The molecule has 8 nitrogen and oxygen atoms in total. The standard InChI is InChI=1S/C15H20O8/c1-15(2,19-4)8-9-20-14(17)22-23-21-13(16)11-6-5-7-12(10-11)18-3/h5-7,10H,8-9H2,1-4H3. The van der Waals surface area contributed by atoms with Gasteiger partial charge in [0.2, 0.25) is 0 Å². The van der Waals surface area contributed by atoms with Gasteiger partial charge in [0.25, 0.3) is 0 Å². The molecule has 1 rings (SSSR count). The Hall–Kier alpha value is -2.32. The molecule has 0 bridgehead atoms. The van der Waals surface area contributed by atoms with Gasteiger partial charge in [-0.25, -0.2) is 14.5 Å². The maximum Gasteiger partial charge on any atom is 0.543 e. The molecule has 0 aliphatic carbocycles. The van der Waals surface area contributed by atoms with E-state index < -0.39 is 17.7 Å². The maximum atomic E-state index is 11.6. The van der Waals surface area contributed by atoms with Gasteiger partial charge < -0.3 is 14.2 Å². The summed E-state index contributed by atoms with van der Waals surface area (Å²) in [7, 11) is 3.02. The van der Waals surface area contributed by atoms with Gasteiger partial charge in [0.1, 0.15) is 5.75 Å². The van der Waals surface area contributed by atoms with Crippen molar-refractivity contribution in [3.63, 3.8) is 0 Å². The van der Waals surface area contributed by atoms with Gasteiger partial charge in [0.15, 0.2) is 0 Å². The average Bonchev–Trinajstić information content (AvgIpc) is 2.54. The summed E-state index contributed by atoms with van der Waals surface area (Å²) in [4.78, 5) is 31.3. The molecule has 0 atom stereocenters. The summed E-state index contributed by atoms with van der Waals surface area (Å²) in [6, 6.07) is 6.19. The van der Waals surface area contributed by atoms with Crippen LogP contribution in [0.1, 0.15) is 30.6 Å². The van der Waals surface area contributed by atoms with Crippen LogP contribution in [0.4, 0.5) is 4.79 Å². The summed E-state index contributed by atoms with van der Waals surface area (Å²) in [5.41, 5.74) is -0.261. The lowest BCUT2D eigenvalue weighted by molar-refractivity contribution is -0.452. The molecule has 0 N–H and O–H groups in total. The first-order valence-electron chi connectivity index (χ1n) is 6.79. The molecule has 1 aromatic rings. The molecule has 23 heavy (non-hydrogen) atoms. The van der Waals surface area contributed by atoms with Gasteiger partial charge in [-0.15, -0.1) is 0 Å². The van der Waals surface area contributed by atoms with E-state index in [-0.39, 0.29) is 12.2 Å². The van der Waals surface area contributed by atoms with Crippen LogP contribution in [0.2, 0.25) is 0 Å². The van der Waals surface area contributed by atoms with E-state index in [0.29, 0.717) is 12.2 Å². The van der Waals surface area contributed by atoms with Crippen molar-refractivity contribution >= 4 is 12.1 Å². The van der Waals surface area contributed by atoms with Gasteiger partial charge in [-0.2, -0.15) is 0 Å². The number of carbonyl (C=O) groups is 2. The number of carbonyl (C=O) groups excluding carboxylic acids is 2. The van der Waals surface area contributed by atoms with Gasteiger partial charge in [-0.05, 0) is 32.0 Å². The van der Waals surface area contributed by atoms with Crippen molar-refractivity contribution < 1.29 is 38.6 Å². The molecule has 0 radical (unpaired) electrons. The van der Waals surface area contributed by atoms with Crippen molar-refractivity contribution in [2.75, 3.05) is 20.8 Å². The Morgan fingerprint density at radius 2 is 1.87 bits per heavy atom. The second-order valence-electron chi connectivity index (χ2n) is 5.07. The Balaban J connectivity index is 2.27. The summed E-state index contributed by atoms with van der Waals surface area (Å²) in [5, 5.41) is 4.10. The summed E-state index contributed by atoms with van der Waals surface area (Å²) in [6.45, 7) is 3.75. The monoisotopic (exact) mass is 328 g/mol. The molecule has 0 unspecified atom stereocenters. The lowest BCUT2D eigenvalue weighted by Crippen LogP contribution is -2.25. The number of hydrogen-bond acceptors (Lipinski definition) is 8.